The molecule has 2 aromatic rings. The van der Waals surface area contributed by atoms with Gasteiger partial charge in [0.05, 0.1) is 22.2 Å². The van der Waals surface area contributed by atoms with Crippen molar-refractivity contribution < 1.29 is 18.0 Å². The molecule has 3 N–H and O–H groups in total. The van der Waals surface area contributed by atoms with Gasteiger partial charge in [0.15, 0.2) is 0 Å². The Morgan fingerprint density at radius 3 is 2.31 bits per heavy atom. The predicted molar refractivity (Wildman–Crippen MR) is 109 cm³/mol. The number of benzene rings is 2. The highest BCUT2D eigenvalue weighted by atomic mass is 32.2. The smallest absolute Gasteiger partial charge is 0.255 e. The van der Waals surface area contributed by atoms with Crippen molar-refractivity contribution in [2.45, 2.75) is 31.2 Å². The van der Waals surface area contributed by atoms with Crippen molar-refractivity contribution in [3.8, 4) is 6.07 Å². The molecule has 9 heteroatoms. The maximum Gasteiger partial charge on any atom is 0.255 e. The number of nitrogens with zero attached hydrogens (tertiary/aromatic N) is 1. The summed E-state index contributed by atoms with van der Waals surface area (Å²) in [5, 5.41) is 13.9. The molecule has 0 heterocycles. The third-order valence-corrected chi connectivity index (χ3v) is 5.27. The Kier molecular flexibility index (Phi) is 7.47. The van der Waals surface area contributed by atoms with Gasteiger partial charge in [-0.05, 0) is 50.2 Å². The number of carbonyl (C=O) groups excluding carboxylic acids is 2. The van der Waals surface area contributed by atoms with Gasteiger partial charge in [-0.25, -0.2) is 13.1 Å². The van der Waals surface area contributed by atoms with E-state index >= 15 is 0 Å². The highest BCUT2D eigenvalue weighted by Gasteiger charge is 2.17. The van der Waals surface area contributed by atoms with E-state index < -0.39 is 15.9 Å². The van der Waals surface area contributed by atoms with Gasteiger partial charge < -0.3 is 10.6 Å². The summed E-state index contributed by atoms with van der Waals surface area (Å²) in [4.78, 5) is 24.8. The van der Waals surface area contributed by atoms with Crippen LogP contribution in [0, 0.1) is 11.3 Å². The molecule has 0 spiro atoms. The van der Waals surface area contributed by atoms with Crippen molar-refractivity contribution in [1.82, 2.24) is 10.0 Å². The molecule has 152 valence electrons. The molecule has 0 atom stereocenters. The van der Waals surface area contributed by atoms with Gasteiger partial charge >= 0.3 is 0 Å². The molecule has 0 aromatic heterocycles. The number of rotatable bonds is 8. The SMILES string of the molecule is CC(C)NC(=O)c1ccccc1NC(=O)c1ccc(S(=O)(=O)NCCC#N)cc1. The Morgan fingerprint density at radius 2 is 1.69 bits per heavy atom. The van der Waals surface area contributed by atoms with E-state index in [0.717, 1.165) is 0 Å². The molecule has 0 aliphatic carbocycles. The maximum atomic E-state index is 12.5. The lowest BCUT2D eigenvalue weighted by molar-refractivity contribution is 0.0944. The van der Waals surface area contributed by atoms with Crippen LogP contribution in [0.5, 0.6) is 0 Å². The van der Waals surface area contributed by atoms with Crippen molar-refractivity contribution in [3.05, 3.63) is 59.7 Å². The van der Waals surface area contributed by atoms with Crippen molar-refractivity contribution in [3.63, 3.8) is 0 Å². The summed E-state index contributed by atoms with van der Waals surface area (Å²) in [7, 11) is -3.75. The van der Waals surface area contributed by atoms with Crippen LogP contribution in [0.15, 0.2) is 53.4 Å². The van der Waals surface area contributed by atoms with Crippen LogP contribution in [0.1, 0.15) is 41.0 Å². The minimum absolute atomic E-state index is 0.0102. The van der Waals surface area contributed by atoms with Gasteiger partial charge in [-0.3, -0.25) is 9.59 Å². The van der Waals surface area contributed by atoms with Gasteiger partial charge in [0.1, 0.15) is 0 Å². The van der Waals surface area contributed by atoms with E-state index in [1.165, 1.54) is 24.3 Å². The molecule has 2 amide bonds. The average molecular weight is 414 g/mol. The van der Waals surface area contributed by atoms with Crippen molar-refractivity contribution in [2.24, 2.45) is 0 Å². The molecule has 0 saturated heterocycles. The molecule has 0 aliphatic rings. The van der Waals surface area contributed by atoms with Gasteiger partial charge in [-0.1, -0.05) is 12.1 Å². The first-order chi connectivity index (χ1) is 13.7. The molecule has 0 unspecified atom stereocenters. The predicted octanol–water partition coefficient (Wildman–Crippen LogP) is 2.27. The summed E-state index contributed by atoms with van der Waals surface area (Å²) in [5.74, 6) is -0.781. The maximum absolute atomic E-state index is 12.5. The monoisotopic (exact) mass is 414 g/mol. The Balaban J connectivity index is 2.15. The number of hydrogen-bond donors (Lipinski definition) is 3. The van der Waals surface area contributed by atoms with Crippen LogP contribution < -0.4 is 15.4 Å². The van der Waals surface area contributed by atoms with Crippen molar-refractivity contribution >= 4 is 27.5 Å². The van der Waals surface area contributed by atoms with Crippen LogP contribution in [0.25, 0.3) is 0 Å². The van der Waals surface area contributed by atoms with E-state index in [1.54, 1.807) is 24.3 Å². The summed E-state index contributed by atoms with van der Waals surface area (Å²) in [6.07, 6.45) is 0.0590. The fourth-order valence-corrected chi connectivity index (χ4v) is 3.47. The lowest BCUT2D eigenvalue weighted by Gasteiger charge is -2.13. The zero-order chi connectivity index (χ0) is 21.4. The molecule has 29 heavy (non-hydrogen) atoms. The number of hydrogen-bond acceptors (Lipinski definition) is 5. The molecule has 0 saturated carbocycles. The Bertz CT molecular complexity index is 1030. The molecular formula is C20H22N4O4S. The Morgan fingerprint density at radius 1 is 1.03 bits per heavy atom. The molecule has 8 nitrogen and oxygen atoms in total. The van der Waals surface area contributed by atoms with Gasteiger partial charge in [-0.2, -0.15) is 5.26 Å². The van der Waals surface area contributed by atoms with E-state index in [2.05, 4.69) is 15.4 Å². The summed E-state index contributed by atoms with van der Waals surface area (Å²) >= 11 is 0. The standard InChI is InChI=1S/C20H22N4O4S/c1-14(2)23-20(26)17-6-3-4-7-18(17)24-19(25)15-8-10-16(11-9-15)29(27,28)22-13-5-12-21/h3-4,6-11,14,22H,5,13H2,1-2H3,(H,23,26)(H,24,25). The third-order valence-electron chi connectivity index (χ3n) is 3.80. The number of sulfonamides is 1. The number of nitrogens with one attached hydrogen (secondary N) is 3. The van der Waals surface area contributed by atoms with Gasteiger partial charge in [0, 0.05) is 24.6 Å². The normalized spacial score (nSPS) is 11.0. The summed E-state index contributed by atoms with van der Waals surface area (Å²) in [6, 6.07) is 13.8. The van der Waals surface area contributed by atoms with E-state index in [9.17, 15) is 18.0 Å². The first-order valence-electron chi connectivity index (χ1n) is 8.92. The first-order valence-corrected chi connectivity index (χ1v) is 10.4. The minimum atomic E-state index is -3.75. The van der Waals surface area contributed by atoms with Crippen LogP contribution in [0.4, 0.5) is 5.69 Å². The second kappa shape index (κ2) is 9.82. The summed E-state index contributed by atoms with van der Waals surface area (Å²) in [5.41, 5.74) is 0.918. The van der Waals surface area contributed by atoms with Crippen molar-refractivity contribution in [2.75, 3.05) is 11.9 Å². The molecule has 2 rings (SSSR count). The third kappa shape index (κ3) is 6.14. The Hall–Kier alpha value is -3.22. The van der Waals surface area contributed by atoms with E-state index in [-0.39, 0.29) is 35.4 Å². The van der Waals surface area contributed by atoms with Crippen LogP contribution in [-0.4, -0.2) is 32.8 Å². The minimum Gasteiger partial charge on any atom is -0.350 e. The number of amides is 2. The fraction of sp³-hybridized carbons (Fsp3) is 0.250. The van der Waals surface area contributed by atoms with E-state index in [1.807, 2.05) is 19.9 Å². The molecule has 0 fully saturated rings. The summed E-state index contributed by atoms with van der Waals surface area (Å²) in [6.45, 7) is 3.68. The van der Waals surface area contributed by atoms with Crippen LogP contribution >= 0.6 is 0 Å². The lowest BCUT2D eigenvalue weighted by Crippen LogP contribution is -2.31. The molecule has 2 aromatic carbocycles. The lowest BCUT2D eigenvalue weighted by atomic mass is 10.1. The van der Waals surface area contributed by atoms with E-state index in [0.29, 0.717) is 11.3 Å². The zero-order valence-electron chi connectivity index (χ0n) is 16.1. The van der Waals surface area contributed by atoms with Crippen molar-refractivity contribution in [1.29, 1.82) is 5.26 Å². The van der Waals surface area contributed by atoms with Crippen LogP contribution in [-0.2, 0) is 10.0 Å². The van der Waals surface area contributed by atoms with E-state index in [4.69, 9.17) is 5.26 Å². The number of para-hydroxylation sites is 1. The summed E-state index contributed by atoms with van der Waals surface area (Å²) < 4.78 is 26.5. The largest absolute Gasteiger partial charge is 0.350 e. The van der Waals surface area contributed by atoms with Crippen LogP contribution in [0.3, 0.4) is 0 Å². The number of nitriles is 1. The quantitative estimate of drug-likeness (QED) is 0.571. The highest BCUT2D eigenvalue weighted by Crippen LogP contribution is 2.17. The van der Waals surface area contributed by atoms with Crippen LogP contribution in [0.2, 0.25) is 0 Å². The molecule has 0 bridgehead atoms. The van der Waals surface area contributed by atoms with Gasteiger partial charge in [0.25, 0.3) is 11.8 Å². The second-order valence-corrected chi connectivity index (χ2v) is 8.23. The molecule has 0 aliphatic heterocycles. The first kappa shape index (κ1) is 22.1. The number of carbonyl (C=O) groups is 2. The Labute approximate surface area is 170 Å². The topological polar surface area (TPSA) is 128 Å². The zero-order valence-corrected chi connectivity index (χ0v) is 16.9. The van der Waals surface area contributed by atoms with Gasteiger partial charge in [0.2, 0.25) is 10.0 Å². The number of anilines is 1. The highest BCUT2D eigenvalue weighted by molar-refractivity contribution is 7.89. The molecule has 0 radical (unpaired) electrons. The molecular weight excluding hydrogens is 392 g/mol. The average Bonchev–Trinajstić information content (AvgIpc) is 2.68. The van der Waals surface area contributed by atoms with Gasteiger partial charge in [-0.15, -0.1) is 0 Å². The fourth-order valence-electron chi connectivity index (χ4n) is 2.43. The second-order valence-electron chi connectivity index (χ2n) is 6.46.